The Labute approximate surface area is 164 Å². The molecule has 0 saturated heterocycles. The van der Waals surface area contributed by atoms with Gasteiger partial charge in [-0.15, -0.1) is 0 Å². The summed E-state index contributed by atoms with van der Waals surface area (Å²) >= 11 is 0. The van der Waals surface area contributed by atoms with Crippen molar-refractivity contribution >= 4 is 23.1 Å². The van der Waals surface area contributed by atoms with Gasteiger partial charge < -0.3 is 20.1 Å². The number of pyridine rings is 1. The van der Waals surface area contributed by atoms with Gasteiger partial charge in [0.05, 0.1) is 32.5 Å². The topological polar surface area (TPSA) is 72.5 Å². The van der Waals surface area contributed by atoms with Gasteiger partial charge >= 0.3 is 0 Å². The third-order valence-electron chi connectivity index (χ3n) is 4.15. The predicted molar refractivity (Wildman–Crippen MR) is 111 cm³/mol. The van der Waals surface area contributed by atoms with Crippen LogP contribution in [-0.2, 0) is 11.2 Å². The molecule has 0 spiro atoms. The summed E-state index contributed by atoms with van der Waals surface area (Å²) in [6, 6.07) is 17.1. The molecule has 3 aromatic rings. The molecule has 144 valence electrons. The van der Waals surface area contributed by atoms with E-state index in [-0.39, 0.29) is 5.91 Å². The normalized spacial score (nSPS) is 10.2. The molecular formula is C22H23N3O3. The minimum absolute atomic E-state index is 0.0759. The molecule has 0 aliphatic heterocycles. The lowest BCUT2D eigenvalue weighted by Gasteiger charge is -2.11. The molecule has 0 saturated carbocycles. The van der Waals surface area contributed by atoms with Crippen molar-refractivity contribution in [2.75, 3.05) is 24.9 Å². The molecule has 0 atom stereocenters. The number of nitrogens with zero attached hydrogens (tertiary/aromatic N) is 1. The molecule has 28 heavy (non-hydrogen) atoms. The van der Waals surface area contributed by atoms with E-state index >= 15 is 0 Å². The summed E-state index contributed by atoms with van der Waals surface area (Å²) in [5, 5.41) is 6.07. The smallest absolute Gasteiger partial charge is 0.228 e. The van der Waals surface area contributed by atoms with Crippen molar-refractivity contribution < 1.29 is 14.3 Å². The average Bonchev–Trinajstić information content (AvgIpc) is 2.69. The van der Waals surface area contributed by atoms with Crippen molar-refractivity contribution in [1.29, 1.82) is 0 Å². The summed E-state index contributed by atoms with van der Waals surface area (Å²) < 4.78 is 10.5. The van der Waals surface area contributed by atoms with E-state index in [4.69, 9.17) is 9.47 Å². The Hall–Kier alpha value is -3.54. The maximum absolute atomic E-state index is 12.2. The van der Waals surface area contributed by atoms with Crippen LogP contribution in [0.1, 0.15) is 11.1 Å². The molecule has 0 aliphatic carbocycles. The average molecular weight is 377 g/mol. The van der Waals surface area contributed by atoms with E-state index in [0.717, 1.165) is 16.8 Å². The highest BCUT2D eigenvalue weighted by Crippen LogP contribution is 2.30. The quantitative estimate of drug-likeness (QED) is 0.641. The summed E-state index contributed by atoms with van der Waals surface area (Å²) in [6.07, 6.45) is 1.95. The van der Waals surface area contributed by atoms with Crippen LogP contribution in [0.4, 0.5) is 17.2 Å². The Kier molecular flexibility index (Phi) is 6.11. The molecule has 2 aromatic carbocycles. The third-order valence-corrected chi connectivity index (χ3v) is 4.15. The van der Waals surface area contributed by atoms with Crippen molar-refractivity contribution in [3.8, 4) is 11.5 Å². The first-order chi connectivity index (χ1) is 13.6. The van der Waals surface area contributed by atoms with E-state index in [1.165, 1.54) is 0 Å². The van der Waals surface area contributed by atoms with Gasteiger partial charge in [-0.3, -0.25) is 4.79 Å². The number of hydrogen-bond donors (Lipinski definition) is 2. The minimum atomic E-state index is -0.0759. The van der Waals surface area contributed by atoms with Crippen molar-refractivity contribution in [1.82, 2.24) is 4.98 Å². The second kappa shape index (κ2) is 8.90. The number of carbonyl (C=O) groups excluding carboxylic acids is 1. The molecule has 1 heterocycles. The summed E-state index contributed by atoms with van der Waals surface area (Å²) in [5.41, 5.74) is 3.59. The molecule has 0 aliphatic rings. The number of carbonyl (C=O) groups is 1. The second-order valence-corrected chi connectivity index (χ2v) is 6.34. The maximum atomic E-state index is 12.2. The van der Waals surface area contributed by atoms with E-state index in [1.54, 1.807) is 26.5 Å². The molecule has 6 heteroatoms. The van der Waals surface area contributed by atoms with Crippen LogP contribution in [0.5, 0.6) is 11.5 Å². The number of benzene rings is 2. The first-order valence-electron chi connectivity index (χ1n) is 8.88. The van der Waals surface area contributed by atoms with Gasteiger partial charge in [0.15, 0.2) is 11.5 Å². The van der Waals surface area contributed by atoms with Gasteiger partial charge in [0, 0.05) is 11.8 Å². The SMILES string of the molecule is COc1ccc(Nc2ccc(NC(=O)Cc3cccc(C)c3)cn2)cc1OC. The van der Waals surface area contributed by atoms with Crippen LogP contribution in [0.15, 0.2) is 60.8 Å². The molecule has 0 bridgehead atoms. The predicted octanol–water partition coefficient (Wildman–Crippen LogP) is 4.33. The van der Waals surface area contributed by atoms with Crippen molar-refractivity contribution in [2.24, 2.45) is 0 Å². The monoisotopic (exact) mass is 377 g/mol. The highest BCUT2D eigenvalue weighted by Gasteiger charge is 2.07. The van der Waals surface area contributed by atoms with Crippen LogP contribution in [-0.4, -0.2) is 25.1 Å². The van der Waals surface area contributed by atoms with E-state index in [9.17, 15) is 4.79 Å². The summed E-state index contributed by atoms with van der Waals surface area (Å²) in [5.74, 6) is 1.87. The second-order valence-electron chi connectivity index (χ2n) is 6.34. The first kappa shape index (κ1) is 19.2. The molecule has 0 radical (unpaired) electrons. The summed E-state index contributed by atoms with van der Waals surface area (Å²) in [4.78, 5) is 16.6. The molecule has 1 amide bonds. The van der Waals surface area contributed by atoms with Gasteiger partial charge in [0.2, 0.25) is 5.91 Å². The zero-order chi connectivity index (χ0) is 19.9. The Morgan fingerprint density at radius 1 is 0.964 bits per heavy atom. The lowest BCUT2D eigenvalue weighted by Crippen LogP contribution is -2.14. The fourth-order valence-electron chi connectivity index (χ4n) is 2.82. The van der Waals surface area contributed by atoms with Crippen LogP contribution < -0.4 is 20.1 Å². The van der Waals surface area contributed by atoms with Crippen LogP contribution >= 0.6 is 0 Å². The molecule has 3 rings (SSSR count). The zero-order valence-corrected chi connectivity index (χ0v) is 16.2. The van der Waals surface area contributed by atoms with E-state index in [0.29, 0.717) is 29.4 Å². The van der Waals surface area contributed by atoms with Gasteiger partial charge in [-0.25, -0.2) is 4.98 Å². The number of methoxy groups -OCH3 is 2. The standard InChI is InChI=1S/C22H23N3O3/c1-15-5-4-6-16(11-15)12-22(26)25-18-8-10-21(23-14-18)24-17-7-9-19(27-2)20(13-17)28-3/h4-11,13-14H,12H2,1-3H3,(H,23,24)(H,25,26). The van der Waals surface area contributed by atoms with E-state index in [1.807, 2.05) is 55.5 Å². The number of anilines is 3. The summed E-state index contributed by atoms with van der Waals surface area (Å²) in [7, 11) is 3.19. The van der Waals surface area contributed by atoms with Gasteiger partial charge in [-0.2, -0.15) is 0 Å². The number of rotatable bonds is 7. The molecule has 2 N–H and O–H groups in total. The number of amides is 1. The molecule has 0 fully saturated rings. The van der Waals surface area contributed by atoms with Crippen molar-refractivity contribution in [3.63, 3.8) is 0 Å². The fraction of sp³-hybridized carbons (Fsp3) is 0.182. The summed E-state index contributed by atoms with van der Waals surface area (Å²) in [6.45, 7) is 2.01. The van der Waals surface area contributed by atoms with E-state index < -0.39 is 0 Å². The van der Waals surface area contributed by atoms with Crippen LogP contribution in [0.3, 0.4) is 0 Å². The number of hydrogen-bond acceptors (Lipinski definition) is 5. The first-order valence-corrected chi connectivity index (χ1v) is 8.88. The maximum Gasteiger partial charge on any atom is 0.228 e. The van der Waals surface area contributed by atoms with Crippen LogP contribution in [0.2, 0.25) is 0 Å². The fourth-order valence-corrected chi connectivity index (χ4v) is 2.82. The van der Waals surface area contributed by atoms with Crippen molar-refractivity contribution in [2.45, 2.75) is 13.3 Å². The lowest BCUT2D eigenvalue weighted by atomic mass is 10.1. The number of nitrogens with one attached hydrogen (secondary N) is 2. The molecule has 6 nitrogen and oxygen atoms in total. The molecule has 1 aromatic heterocycles. The van der Waals surface area contributed by atoms with Crippen molar-refractivity contribution in [3.05, 3.63) is 71.9 Å². The Bertz CT molecular complexity index is 955. The Morgan fingerprint density at radius 2 is 1.75 bits per heavy atom. The van der Waals surface area contributed by atoms with Gasteiger partial charge in [0.25, 0.3) is 0 Å². The van der Waals surface area contributed by atoms with Crippen LogP contribution in [0.25, 0.3) is 0 Å². The number of aromatic nitrogens is 1. The number of aryl methyl sites for hydroxylation is 1. The highest BCUT2D eigenvalue weighted by atomic mass is 16.5. The van der Waals surface area contributed by atoms with E-state index in [2.05, 4.69) is 15.6 Å². The highest BCUT2D eigenvalue weighted by molar-refractivity contribution is 5.92. The molecule has 0 unspecified atom stereocenters. The van der Waals surface area contributed by atoms with Gasteiger partial charge in [-0.1, -0.05) is 29.8 Å². The third kappa shape index (κ3) is 5.01. The van der Waals surface area contributed by atoms with Gasteiger partial charge in [0.1, 0.15) is 5.82 Å². The lowest BCUT2D eigenvalue weighted by molar-refractivity contribution is -0.115. The molecular weight excluding hydrogens is 354 g/mol. The largest absolute Gasteiger partial charge is 0.493 e. The van der Waals surface area contributed by atoms with Crippen LogP contribution in [0, 0.1) is 6.92 Å². The Balaban J connectivity index is 1.61. The number of ether oxygens (including phenoxy) is 2. The van der Waals surface area contributed by atoms with Gasteiger partial charge in [-0.05, 0) is 36.8 Å². The minimum Gasteiger partial charge on any atom is -0.493 e. The Morgan fingerprint density at radius 3 is 2.43 bits per heavy atom. The zero-order valence-electron chi connectivity index (χ0n) is 16.2.